The Bertz CT molecular complexity index is 726. The topological polar surface area (TPSA) is 83.2 Å². The maximum atomic E-state index is 12.0. The van der Waals surface area contributed by atoms with Gasteiger partial charge >= 0.3 is 5.97 Å². The van der Waals surface area contributed by atoms with Gasteiger partial charge in [0.25, 0.3) is 0 Å². The molecule has 0 aromatic carbocycles. The molecule has 2 fully saturated rings. The van der Waals surface area contributed by atoms with Crippen molar-refractivity contribution in [2.24, 2.45) is 22.7 Å². The first kappa shape index (κ1) is 25.9. The normalized spacial score (nSPS) is 23.0. The van der Waals surface area contributed by atoms with Gasteiger partial charge < -0.3 is 19.4 Å². The lowest BCUT2D eigenvalue weighted by atomic mass is 9.97. The molecule has 8 nitrogen and oxygen atoms in total. The number of esters is 1. The number of guanidine groups is 1. The standard InChI is InChI=1S/C22H37N5O3.HI/c1-6-23-22(27-12-15(2)19(13-27)21(28)29-5)24-11-18-7-9-26(10-8-18)14-20-25-16(3)17(4)30-20;/h15,18-19H,6-14H2,1-5H3,(H,23,24);1H. The van der Waals surface area contributed by atoms with Crippen LogP contribution in [0.25, 0.3) is 0 Å². The predicted octanol–water partition coefficient (Wildman–Crippen LogP) is 2.83. The molecule has 0 aliphatic carbocycles. The number of halogens is 1. The van der Waals surface area contributed by atoms with Crippen LogP contribution < -0.4 is 5.32 Å². The van der Waals surface area contributed by atoms with Crippen LogP contribution in [-0.4, -0.2) is 73.1 Å². The monoisotopic (exact) mass is 547 g/mol. The van der Waals surface area contributed by atoms with E-state index in [9.17, 15) is 4.79 Å². The quantitative estimate of drug-likeness (QED) is 0.254. The van der Waals surface area contributed by atoms with E-state index in [2.05, 4.69) is 33.9 Å². The number of hydrogen-bond donors (Lipinski definition) is 1. The van der Waals surface area contributed by atoms with E-state index in [4.69, 9.17) is 14.1 Å². The first-order valence-electron chi connectivity index (χ1n) is 11.2. The number of ether oxygens (including phenoxy) is 1. The van der Waals surface area contributed by atoms with Crippen molar-refractivity contribution >= 4 is 35.9 Å². The molecule has 0 bridgehead atoms. The number of aliphatic imine (C=N–C) groups is 1. The molecular weight excluding hydrogens is 509 g/mol. The molecule has 2 atom stereocenters. The van der Waals surface area contributed by atoms with Crippen LogP contribution in [0.5, 0.6) is 0 Å². The van der Waals surface area contributed by atoms with Crippen LogP contribution in [-0.2, 0) is 16.1 Å². The van der Waals surface area contributed by atoms with Gasteiger partial charge in [-0.1, -0.05) is 6.92 Å². The Morgan fingerprint density at radius 3 is 2.58 bits per heavy atom. The van der Waals surface area contributed by atoms with Gasteiger partial charge in [0.15, 0.2) is 5.96 Å². The third-order valence-corrected chi connectivity index (χ3v) is 6.39. The van der Waals surface area contributed by atoms with Crippen LogP contribution in [0.2, 0.25) is 0 Å². The first-order valence-corrected chi connectivity index (χ1v) is 11.2. The molecule has 1 aromatic rings. The van der Waals surface area contributed by atoms with Crippen molar-refractivity contribution in [3.05, 3.63) is 17.3 Å². The number of carbonyl (C=O) groups excluding carboxylic acids is 1. The molecule has 2 unspecified atom stereocenters. The lowest BCUT2D eigenvalue weighted by Gasteiger charge is -2.30. The van der Waals surface area contributed by atoms with E-state index in [1.165, 1.54) is 7.11 Å². The molecule has 3 heterocycles. The highest BCUT2D eigenvalue weighted by Crippen LogP contribution is 2.25. The Balaban J connectivity index is 0.00000341. The smallest absolute Gasteiger partial charge is 0.310 e. The van der Waals surface area contributed by atoms with Gasteiger partial charge in [-0.05, 0) is 58.5 Å². The summed E-state index contributed by atoms with van der Waals surface area (Å²) in [6.45, 7) is 14.2. The third-order valence-electron chi connectivity index (χ3n) is 6.39. The Morgan fingerprint density at radius 1 is 1.29 bits per heavy atom. The van der Waals surface area contributed by atoms with Crippen LogP contribution in [0.15, 0.2) is 9.41 Å². The van der Waals surface area contributed by atoms with Crippen molar-refractivity contribution in [1.29, 1.82) is 0 Å². The van der Waals surface area contributed by atoms with Crippen molar-refractivity contribution in [1.82, 2.24) is 20.1 Å². The van der Waals surface area contributed by atoms with Crippen molar-refractivity contribution in [2.75, 3.05) is 46.4 Å². The minimum absolute atomic E-state index is 0. The number of likely N-dealkylation sites (tertiary alicyclic amines) is 2. The van der Waals surface area contributed by atoms with Crippen LogP contribution in [0, 0.1) is 31.6 Å². The molecule has 9 heteroatoms. The average molecular weight is 547 g/mol. The summed E-state index contributed by atoms with van der Waals surface area (Å²) in [5.41, 5.74) is 0.982. The van der Waals surface area contributed by atoms with E-state index >= 15 is 0 Å². The van der Waals surface area contributed by atoms with Gasteiger partial charge in [0.05, 0.1) is 25.3 Å². The van der Waals surface area contributed by atoms with Gasteiger partial charge in [0, 0.05) is 26.2 Å². The zero-order valence-electron chi connectivity index (χ0n) is 19.5. The number of methoxy groups -OCH3 is 1. The SMILES string of the molecule is CCNC(=NCC1CCN(Cc2nc(C)c(C)o2)CC1)N1CC(C)C(C(=O)OC)C1.I. The number of piperidine rings is 1. The second-order valence-electron chi connectivity index (χ2n) is 8.68. The molecule has 2 aliphatic heterocycles. The lowest BCUT2D eigenvalue weighted by molar-refractivity contribution is -0.145. The number of nitrogens with zero attached hydrogens (tertiary/aromatic N) is 4. The van der Waals surface area contributed by atoms with E-state index in [1.54, 1.807) is 0 Å². The zero-order chi connectivity index (χ0) is 21.7. The van der Waals surface area contributed by atoms with Crippen LogP contribution in [0.4, 0.5) is 0 Å². The molecule has 2 aliphatic rings. The summed E-state index contributed by atoms with van der Waals surface area (Å²) in [5, 5.41) is 3.40. The number of carbonyl (C=O) groups is 1. The Hall–Kier alpha value is -1.36. The molecule has 31 heavy (non-hydrogen) atoms. The number of oxazole rings is 1. The number of aromatic nitrogens is 1. The van der Waals surface area contributed by atoms with E-state index < -0.39 is 0 Å². The van der Waals surface area contributed by atoms with Crippen LogP contribution in [0.1, 0.15) is 44.0 Å². The Morgan fingerprint density at radius 2 is 2.00 bits per heavy atom. The average Bonchev–Trinajstić information content (AvgIpc) is 3.27. The number of rotatable bonds is 6. The van der Waals surface area contributed by atoms with E-state index in [0.717, 1.165) is 75.4 Å². The fourth-order valence-electron chi connectivity index (χ4n) is 4.36. The van der Waals surface area contributed by atoms with Gasteiger partial charge in [0.1, 0.15) is 5.76 Å². The summed E-state index contributed by atoms with van der Waals surface area (Å²) < 4.78 is 10.7. The van der Waals surface area contributed by atoms with Gasteiger partial charge in [-0.25, -0.2) is 4.98 Å². The minimum Gasteiger partial charge on any atom is -0.469 e. The molecule has 0 spiro atoms. The molecule has 0 amide bonds. The predicted molar refractivity (Wildman–Crippen MR) is 132 cm³/mol. The molecule has 176 valence electrons. The maximum absolute atomic E-state index is 12.0. The summed E-state index contributed by atoms with van der Waals surface area (Å²) in [4.78, 5) is 26.1. The van der Waals surface area contributed by atoms with Crippen molar-refractivity contribution in [2.45, 2.75) is 47.1 Å². The number of hydrogen-bond acceptors (Lipinski definition) is 6. The third kappa shape index (κ3) is 6.81. The lowest BCUT2D eigenvalue weighted by Crippen LogP contribution is -2.41. The molecule has 3 rings (SSSR count). The highest BCUT2D eigenvalue weighted by molar-refractivity contribution is 14.0. The van der Waals surface area contributed by atoms with Gasteiger partial charge in [0.2, 0.25) is 5.89 Å². The molecule has 2 saturated heterocycles. The second-order valence-corrected chi connectivity index (χ2v) is 8.68. The van der Waals surface area contributed by atoms with Crippen LogP contribution in [0.3, 0.4) is 0 Å². The summed E-state index contributed by atoms with van der Waals surface area (Å²) in [5.74, 6) is 3.31. The first-order chi connectivity index (χ1) is 14.4. The number of nitrogens with one attached hydrogen (secondary N) is 1. The van der Waals surface area contributed by atoms with Gasteiger partial charge in [-0.2, -0.15) is 0 Å². The largest absolute Gasteiger partial charge is 0.469 e. The molecular formula is C22H38IN5O3. The Kier molecular flexibility index (Phi) is 10.1. The zero-order valence-corrected chi connectivity index (χ0v) is 21.8. The van der Waals surface area contributed by atoms with E-state index in [-0.39, 0.29) is 41.8 Å². The second kappa shape index (κ2) is 12.0. The van der Waals surface area contributed by atoms with Crippen molar-refractivity contribution in [3.8, 4) is 0 Å². The van der Waals surface area contributed by atoms with E-state index in [0.29, 0.717) is 12.5 Å². The van der Waals surface area contributed by atoms with Gasteiger partial charge in [-0.3, -0.25) is 14.7 Å². The number of aryl methyl sites for hydroxylation is 2. The van der Waals surface area contributed by atoms with Gasteiger partial charge in [-0.15, -0.1) is 24.0 Å². The highest BCUT2D eigenvalue weighted by Gasteiger charge is 2.37. The van der Waals surface area contributed by atoms with Crippen molar-refractivity contribution in [3.63, 3.8) is 0 Å². The fourth-order valence-corrected chi connectivity index (χ4v) is 4.36. The summed E-state index contributed by atoms with van der Waals surface area (Å²) >= 11 is 0. The van der Waals surface area contributed by atoms with Crippen LogP contribution >= 0.6 is 24.0 Å². The minimum atomic E-state index is -0.121. The molecule has 0 saturated carbocycles. The highest BCUT2D eigenvalue weighted by atomic mass is 127. The summed E-state index contributed by atoms with van der Waals surface area (Å²) in [7, 11) is 1.47. The molecule has 0 radical (unpaired) electrons. The Labute approximate surface area is 203 Å². The van der Waals surface area contributed by atoms with E-state index in [1.807, 2.05) is 13.8 Å². The summed E-state index contributed by atoms with van der Waals surface area (Å²) in [6, 6.07) is 0. The fraction of sp³-hybridized carbons (Fsp3) is 0.773. The molecule has 1 N–H and O–H groups in total. The van der Waals surface area contributed by atoms with Crippen molar-refractivity contribution < 1.29 is 13.9 Å². The maximum Gasteiger partial charge on any atom is 0.310 e. The summed E-state index contributed by atoms with van der Waals surface area (Å²) in [6.07, 6.45) is 2.26. The molecule has 1 aromatic heterocycles.